The van der Waals surface area contributed by atoms with E-state index in [2.05, 4.69) is 15.0 Å². The van der Waals surface area contributed by atoms with E-state index in [4.69, 9.17) is 23.7 Å². The second-order valence-corrected chi connectivity index (χ2v) is 12.3. The highest BCUT2D eigenvalue weighted by Gasteiger charge is 2.57. The van der Waals surface area contributed by atoms with E-state index >= 15 is 0 Å². The van der Waals surface area contributed by atoms with Gasteiger partial charge < -0.3 is 38.8 Å². The number of alkyl halides is 6. The lowest BCUT2D eigenvalue weighted by Crippen LogP contribution is -2.42. The van der Waals surface area contributed by atoms with Crippen LogP contribution < -0.4 is 20.5 Å². The second kappa shape index (κ2) is 17.2. The molecule has 2 heterocycles. The SMILES string of the molecule is COc1ccc(C(OC[C@H]2O[C@@H](n3ccc(NC(C)=O)nc3=O)[C@H](OCOCC(C(F)(F)F)C(F)(F)F)[C@@H]2O)(c2ccccc2)c2ccc(OC)cc2)cc1. The molecule has 1 saturated heterocycles. The van der Waals surface area contributed by atoms with Gasteiger partial charge in [-0.25, -0.2) is 4.79 Å². The number of carbonyl (C=O) groups excluding carboxylic acids is 1. The summed E-state index contributed by atoms with van der Waals surface area (Å²) in [4.78, 5) is 28.4. The highest BCUT2D eigenvalue weighted by molar-refractivity contribution is 5.87. The molecular formula is C37H37F6N3O9. The van der Waals surface area contributed by atoms with Gasteiger partial charge in [0.05, 0.1) is 27.4 Å². The first kappa shape index (κ1) is 41.2. The van der Waals surface area contributed by atoms with Crippen LogP contribution >= 0.6 is 0 Å². The van der Waals surface area contributed by atoms with E-state index in [1.807, 2.05) is 18.2 Å². The highest BCUT2D eigenvalue weighted by Crippen LogP contribution is 2.43. The summed E-state index contributed by atoms with van der Waals surface area (Å²) < 4.78 is 113. The number of benzene rings is 3. The van der Waals surface area contributed by atoms with Gasteiger partial charge in [0.15, 0.2) is 12.1 Å². The number of halogens is 6. The first-order valence-corrected chi connectivity index (χ1v) is 16.6. The van der Waals surface area contributed by atoms with E-state index in [-0.39, 0.29) is 5.82 Å². The number of carbonyl (C=O) groups is 1. The number of aliphatic hydroxyl groups is 1. The minimum atomic E-state index is -5.66. The number of anilines is 1. The monoisotopic (exact) mass is 781 g/mol. The molecule has 1 amide bonds. The van der Waals surface area contributed by atoms with Crippen LogP contribution in [0.1, 0.15) is 29.8 Å². The molecule has 0 aliphatic carbocycles. The number of ether oxygens (including phenoxy) is 6. The van der Waals surface area contributed by atoms with Gasteiger partial charge in [0.2, 0.25) is 5.91 Å². The molecule has 0 radical (unpaired) electrons. The van der Waals surface area contributed by atoms with Gasteiger partial charge in [-0.3, -0.25) is 9.36 Å². The molecule has 4 aromatic rings. The van der Waals surface area contributed by atoms with Gasteiger partial charge in [-0.15, -0.1) is 0 Å². The Hall–Kier alpha value is -5.01. The quantitative estimate of drug-likeness (QED) is 0.0680. The summed E-state index contributed by atoms with van der Waals surface area (Å²) in [6.45, 7) is -2.21. The largest absolute Gasteiger partial charge is 0.497 e. The van der Waals surface area contributed by atoms with Crippen LogP contribution in [0.2, 0.25) is 0 Å². The fraction of sp³-hybridized carbons (Fsp3) is 0.378. The topological polar surface area (TPSA) is 140 Å². The van der Waals surface area contributed by atoms with Crippen molar-refractivity contribution in [1.82, 2.24) is 9.55 Å². The molecular weight excluding hydrogens is 744 g/mol. The summed E-state index contributed by atoms with van der Waals surface area (Å²) in [6.07, 6.45) is -16.3. The van der Waals surface area contributed by atoms with Gasteiger partial charge in [0.25, 0.3) is 0 Å². The summed E-state index contributed by atoms with van der Waals surface area (Å²) in [5, 5.41) is 13.9. The van der Waals surface area contributed by atoms with Crippen molar-refractivity contribution in [2.75, 3.05) is 39.5 Å². The molecule has 1 aromatic heterocycles. The Bertz CT molecular complexity index is 1870. The van der Waals surface area contributed by atoms with Crippen LogP contribution in [0.5, 0.6) is 11.5 Å². The molecule has 5 rings (SSSR count). The summed E-state index contributed by atoms with van der Waals surface area (Å²) >= 11 is 0. The third-order valence-corrected chi connectivity index (χ3v) is 8.78. The zero-order valence-electron chi connectivity index (χ0n) is 29.5. The fourth-order valence-corrected chi connectivity index (χ4v) is 6.06. The van der Waals surface area contributed by atoms with Crippen LogP contribution in [-0.4, -0.2) is 85.5 Å². The van der Waals surface area contributed by atoms with Crippen molar-refractivity contribution >= 4 is 11.7 Å². The van der Waals surface area contributed by atoms with Crippen molar-refractivity contribution < 1.29 is 64.7 Å². The van der Waals surface area contributed by atoms with Crippen molar-refractivity contribution in [3.8, 4) is 11.5 Å². The number of aromatic nitrogens is 2. The molecule has 2 N–H and O–H groups in total. The number of hydrogen-bond acceptors (Lipinski definition) is 10. The van der Waals surface area contributed by atoms with Gasteiger partial charge >= 0.3 is 18.0 Å². The van der Waals surface area contributed by atoms with Crippen LogP contribution in [0.25, 0.3) is 0 Å². The maximum absolute atomic E-state index is 13.1. The molecule has 0 saturated carbocycles. The average molecular weight is 782 g/mol. The molecule has 12 nitrogen and oxygen atoms in total. The maximum atomic E-state index is 13.1. The number of amides is 1. The Morgan fingerprint density at radius 1 is 0.873 bits per heavy atom. The van der Waals surface area contributed by atoms with Gasteiger partial charge in [-0.1, -0.05) is 54.6 Å². The van der Waals surface area contributed by atoms with Crippen LogP contribution in [0.4, 0.5) is 32.2 Å². The standard InChI is InChI=1S/C37H37F6N3O9/c1-22(47)44-30-17-18-46(34(49)45-30)33-32(53-21-52-20-29(36(38,39)40)37(41,42)43)31(48)28(55-33)19-54-35(23-7-5-4-6-8-23,24-9-13-26(50-2)14-10-24)25-11-15-27(51-3)16-12-25/h4-18,28-29,31-33,48H,19-21H2,1-3H3,(H,44,45,47,49)/t28-,31-,32-,33-/m1/s1. The Labute approximate surface area is 310 Å². The molecule has 1 fully saturated rings. The van der Waals surface area contributed by atoms with Crippen molar-refractivity contribution in [1.29, 1.82) is 0 Å². The lowest BCUT2D eigenvalue weighted by atomic mass is 9.80. The first-order valence-electron chi connectivity index (χ1n) is 16.6. The number of nitrogens with zero attached hydrogens (tertiary/aromatic N) is 2. The minimum absolute atomic E-state index is 0.120. The maximum Gasteiger partial charge on any atom is 0.402 e. The van der Waals surface area contributed by atoms with Gasteiger partial charge in [0, 0.05) is 13.1 Å². The van der Waals surface area contributed by atoms with Crippen LogP contribution in [0.15, 0.2) is 95.9 Å². The molecule has 0 unspecified atom stereocenters. The molecule has 0 bridgehead atoms. The van der Waals surface area contributed by atoms with Crippen molar-refractivity contribution in [2.24, 2.45) is 5.92 Å². The number of methoxy groups -OCH3 is 2. The van der Waals surface area contributed by atoms with E-state index in [1.165, 1.54) is 27.2 Å². The van der Waals surface area contributed by atoms with E-state index in [0.717, 1.165) is 10.8 Å². The normalized spacial score (nSPS) is 19.0. The van der Waals surface area contributed by atoms with Crippen LogP contribution in [0, 0.1) is 5.92 Å². The number of rotatable bonds is 15. The lowest BCUT2D eigenvalue weighted by molar-refractivity contribution is -0.299. The second-order valence-electron chi connectivity index (χ2n) is 12.3. The van der Waals surface area contributed by atoms with E-state index < -0.39 is 80.0 Å². The molecule has 55 heavy (non-hydrogen) atoms. The Morgan fingerprint density at radius 2 is 1.42 bits per heavy atom. The Balaban J connectivity index is 1.50. The fourth-order valence-electron chi connectivity index (χ4n) is 6.06. The first-order chi connectivity index (χ1) is 26.1. The molecule has 0 spiro atoms. The summed E-state index contributed by atoms with van der Waals surface area (Å²) in [5.41, 5.74) is -0.513. The zero-order chi connectivity index (χ0) is 40.0. The molecule has 1 aliphatic heterocycles. The third kappa shape index (κ3) is 9.45. The molecule has 3 aromatic carbocycles. The van der Waals surface area contributed by atoms with Gasteiger partial charge in [0.1, 0.15) is 48.0 Å². The number of nitrogens with one attached hydrogen (secondary N) is 1. The molecule has 1 aliphatic rings. The van der Waals surface area contributed by atoms with Crippen LogP contribution in [-0.2, 0) is 29.3 Å². The molecule has 296 valence electrons. The highest BCUT2D eigenvalue weighted by atomic mass is 19.4. The number of hydrogen-bond donors (Lipinski definition) is 2. The Kier molecular flexibility index (Phi) is 12.9. The van der Waals surface area contributed by atoms with Crippen molar-refractivity contribution in [2.45, 2.75) is 49.4 Å². The predicted molar refractivity (Wildman–Crippen MR) is 182 cm³/mol. The number of aliphatic hydroxyl groups excluding tert-OH is 1. The van der Waals surface area contributed by atoms with Crippen LogP contribution in [0.3, 0.4) is 0 Å². The molecule has 4 atom stereocenters. The zero-order valence-corrected chi connectivity index (χ0v) is 29.5. The minimum Gasteiger partial charge on any atom is -0.497 e. The van der Waals surface area contributed by atoms with Gasteiger partial charge in [-0.05, 0) is 47.0 Å². The third-order valence-electron chi connectivity index (χ3n) is 8.78. The van der Waals surface area contributed by atoms with E-state index in [1.54, 1.807) is 60.7 Å². The molecule has 18 heteroatoms. The summed E-state index contributed by atoms with van der Waals surface area (Å²) in [5.74, 6) is -3.34. The van der Waals surface area contributed by atoms with E-state index in [0.29, 0.717) is 28.2 Å². The Morgan fingerprint density at radius 3 is 1.91 bits per heavy atom. The van der Waals surface area contributed by atoms with E-state index in [9.17, 15) is 41.0 Å². The lowest BCUT2D eigenvalue weighted by Gasteiger charge is -2.37. The smallest absolute Gasteiger partial charge is 0.402 e. The van der Waals surface area contributed by atoms with Crippen molar-refractivity contribution in [3.63, 3.8) is 0 Å². The summed E-state index contributed by atoms with van der Waals surface area (Å²) in [6, 6.07) is 24.3. The predicted octanol–water partition coefficient (Wildman–Crippen LogP) is 5.59. The van der Waals surface area contributed by atoms with Gasteiger partial charge in [-0.2, -0.15) is 31.3 Å². The van der Waals surface area contributed by atoms with Crippen molar-refractivity contribution in [3.05, 3.63) is 118 Å². The summed E-state index contributed by atoms with van der Waals surface area (Å²) in [7, 11) is 3.02. The average Bonchev–Trinajstić information content (AvgIpc) is 3.45.